The van der Waals surface area contributed by atoms with Crippen molar-refractivity contribution in [2.75, 3.05) is 5.32 Å². The first-order chi connectivity index (χ1) is 10.0. The molecule has 0 radical (unpaired) electrons. The van der Waals surface area contributed by atoms with Crippen LogP contribution in [0.5, 0.6) is 0 Å². The summed E-state index contributed by atoms with van der Waals surface area (Å²) in [6.07, 6.45) is 0.938. The van der Waals surface area contributed by atoms with Crippen LogP contribution in [0.1, 0.15) is 29.8 Å². The molecule has 0 aliphatic rings. The molecule has 5 heteroatoms. The highest BCUT2D eigenvalue weighted by Crippen LogP contribution is 2.29. The minimum Gasteiger partial charge on any atom is -0.350 e. The zero-order chi connectivity index (χ0) is 15.4. The fourth-order valence-corrected chi connectivity index (χ4v) is 1.99. The van der Waals surface area contributed by atoms with E-state index in [9.17, 15) is 14.9 Å². The molecule has 5 nitrogen and oxygen atoms in total. The van der Waals surface area contributed by atoms with Gasteiger partial charge in [0.1, 0.15) is 5.69 Å². The van der Waals surface area contributed by atoms with E-state index < -0.39 is 4.92 Å². The van der Waals surface area contributed by atoms with Gasteiger partial charge in [-0.2, -0.15) is 0 Å². The van der Waals surface area contributed by atoms with Crippen LogP contribution in [-0.4, -0.2) is 10.7 Å². The molecule has 21 heavy (non-hydrogen) atoms. The van der Waals surface area contributed by atoms with Crippen molar-refractivity contribution < 1.29 is 9.72 Å². The van der Waals surface area contributed by atoms with Crippen molar-refractivity contribution in [3.8, 4) is 0 Å². The van der Waals surface area contributed by atoms with Crippen molar-refractivity contribution in [1.82, 2.24) is 0 Å². The van der Waals surface area contributed by atoms with Crippen LogP contribution in [-0.2, 0) is 6.42 Å². The van der Waals surface area contributed by atoms with Gasteiger partial charge in [0.25, 0.3) is 5.69 Å². The number of hydrogen-bond donors (Lipinski definition) is 1. The minimum atomic E-state index is -0.491. The van der Waals surface area contributed by atoms with Crippen LogP contribution < -0.4 is 5.32 Å². The highest BCUT2D eigenvalue weighted by atomic mass is 16.6. The third-order valence-electron chi connectivity index (χ3n) is 3.24. The molecule has 0 unspecified atom stereocenters. The fraction of sp³-hybridized carbons (Fsp3) is 0.188. The molecule has 0 heterocycles. The van der Waals surface area contributed by atoms with Gasteiger partial charge < -0.3 is 5.32 Å². The summed E-state index contributed by atoms with van der Waals surface area (Å²) in [6, 6.07) is 12.1. The summed E-state index contributed by atoms with van der Waals surface area (Å²) in [5, 5.41) is 14.2. The second-order valence-electron chi connectivity index (χ2n) is 4.72. The molecule has 0 aliphatic carbocycles. The lowest BCUT2D eigenvalue weighted by Crippen LogP contribution is -2.00. The molecule has 0 atom stereocenters. The summed E-state index contributed by atoms with van der Waals surface area (Å²) in [7, 11) is 0. The van der Waals surface area contributed by atoms with Crippen LogP contribution in [0.3, 0.4) is 0 Å². The molecular weight excluding hydrogens is 268 g/mol. The highest BCUT2D eigenvalue weighted by Gasteiger charge is 2.16. The Hall–Kier alpha value is -2.69. The number of hydrogen-bond acceptors (Lipinski definition) is 4. The Morgan fingerprint density at radius 3 is 2.38 bits per heavy atom. The number of Topliss-reactive ketones (excluding diaryl/α,β-unsaturated/α-hetero) is 1. The van der Waals surface area contributed by atoms with Crippen molar-refractivity contribution in [3.63, 3.8) is 0 Å². The molecule has 0 spiro atoms. The number of nitrogens with one attached hydrogen (secondary N) is 1. The molecule has 0 aromatic heterocycles. The van der Waals surface area contributed by atoms with Crippen molar-refractivity contribution in [3.05, 3.63) is 63.7 Å². The van der Waals surface area contributed by atoms with Crippen LogP contribution in [0, 0.1) is 10.1 Å². The largest absolute Gasteiger partial charge is 0.350 e. The van der Waals surface area contributed by atoms with Crippen LogP contribution in [0.2, 0.25) is 0 Å². The number of benzene rings is 2. The van der Waals surface area contributed by atoms with E-state index >= 15 is 0 Å². The average molecular weight is 284 g/mol. The Morgan fingerprint density at radius 2 is 1.86 bits per heavy atom. The number of nitro benzene ring substituents is 1. The quantitative estimate of drug-likeness (QED) is 0.509. The van der Waals surface area contributed by atoms with Crippen LogP contribution in [0.15, 0.2) is 42.5 Å². The predicted molar refractivity (Wildman–Crippen MR) is 82.2 cm³/mol. The Kier molecular flexibility index (Phi) is 4.33. The Labute approximate surface area is 122 Å². The van der Waals surface area contributed by atoms with E-state index in [1.54, 1.807) is 12.1 Å². The van der Waals surface area contributed by atoms with E-state index in [0.29, 0.717) is 11.3 Å². The Morgan fingerprint density at radius 1 is 1.19 bits per heavy atom. The number of aryl methyl sites for hydroxylation is 1. The van der Waals surface area contributed by atoms with E-state index in [2.05, 4.69) is 12.2 Å². The first-order valence-electron chi connectivity index (χ1n) is 6.66. The predicted octanol–water partition coefficient (Wildman–Crippen LogP) is 4.10. The molecule has 0 fully saturated rings. The van der Waals surface area contributed by atoms with Crippen LogP contribution >= 0.6 is 0 Å². The van der Waals surface area contributed by atoms with Crippen molar-refractivity contribution in [2.45, 2.75) is 20.3 Å². The second kappa shape index (κ2) is 6.17. The van der Waals surface area contributed by atoms with Gasteiger partial charge in [0.2, 0.25) is 0 Å². The maximum Gasteiger partial charge on any atom is 0.293 e. The molecule has 0 amide bonds. The number of carbonyl (C=O) groups is 1. The van der Waals surface area contributed by atoms with Crippen molar-refractivity contribution >= 4 is 22.8 Å². The number of nitrogens with zero attached hydrogens (tertiary/aromatic N) is 1. The van der Waals surface area contributed by atoms with Gasteiger partial charge >= 0.3 is 0 Å². The third kappa shape index (κ3) is 3.45. The normalized spacial score (nSPS) is 10.2. The zero-order valence-electron chi connectivity index (χ0n) is 11.9. The van der Waals surface area contributed by atoms with Gasteiger partial charge in [0, 0.05) is 17.3 Å². The summed E-state index contributed by atoms with van der Waals surface area (Å²) in [5.41, 5.74) is 2.55. The average Bonchev–Trinajstić information content (AvgIpc) is 2.48. The topological polar surface area (TPSA) is 72.2 Å². The SMILES string of the molecule is CCc1ccc(Nc2ccc(C(C)=O)cc2[N+](=O)[O-])cc1. The monoisotopic (exact) mass is 284 g/mol. The van der Waals surface area contributed by atoms with Crippen molar-refractivity contribution in [2.24, 2.45) is 0 Å². The van der Waals surface area contributed by atoms with Gasteiger partial charge in [-0.1, -0.05) is 19.1 Å². The van der Waals surface area contributed by atoms with E-state index in [4.69, 9.17) is 0 Å². The summed E-state index contributed by atoms with van der Waals surface area (Å²) in [4.78, 5) is 22.0. The Bertz CT molecular complexity index is 678. The maximum atomic E-state index is 11.3. The number of anilines is 2. The number of rotatable bonds is 5. The molecule has 0 saturated heterocycles. The Balaban J connectivity index is 2.34. The number of nitro groups is 1. The van der Waals surface area contributed by atoms with Crippen molar-refractivity contribution in [1.29, 1.82) is 0 Å². The van der Waals surface area contributed by atoms with E-state index in [1.165, 1.54) is 18.6 Å². The van der Waals surface area contributed by atoms with Gasteiger partial charge in [-0.3, -0.25) is 14.9 Å². The van der Waals surface area contributed by atoms with E-state index in [1.807, 2.05) is 24.3 Å². The van der Waals surface area contributed by atoms with Gasteiger partial charge in [-0.05, 0) is 43.2 Å². The number of ketones is 1. The standard InChI is InChI=1S/C16H16N2O3/c1-3-12-4-7-14(8-5-12)17-15-9-6-13(11(2)19)10-16(15)18(20)21/h4-10,17H,3H2,1-2H3. The smallest absolute Gasteiger partial charge is 0.293 e. The molecule has 0 saturated carbocycles. The van der Waals surface area contributed by atoms with Gasteiger partial charge in [0.05, 0.1) is 4.92 Å². The summed E-state index contributed by atoms with van der Waals surface area (Å²) < 4.78 is 0. The lowest BCUT2D eigenvalue weighted by Gasteiger charge is -2.08. The molecule has 108 valence electrons. The summed E-state index contributed by atoms with van der Waals surface area (Å²) in [5.74, 6) is -0.197. The fourth-order valence-electron chi connectivity index (χ4n) is 1.99. The highest BCUT2D eigenvalue weighted by molar-refractivity contribution is 5.95. The first-order valence-corrected chi connectivity index (χ1v) is 6.66. The van der Waals surface area contributed by atoms with E-state index in [-0.39, 0.29) is 11.5 Å². The molecule has 0 aliphatic heterocycles. The van der Waals surface area contributed by atoms with Crippen LogP contribution in [0.4, 0.5) is 17.1 Å². The maximum absolute atomic E-state index is 11.3. The van der Waals surface area contributed by atoms with Crippen LogP contribution in [0.25, 0.3) is 0 Å². The molecule has 2 aromatic carbocycles. The van der Waals surface area contributed by atoms with Gasteiger partial charge in [-0.25, -0.2) is 0 Å². The van der Waals surface area contributed by atoms with E-state index in [0.717, 1.165) is 12.1 Å². The third-order valence-corrected chi connectivity index (χ3v) is 3.24. The molecule has 1 N–H and O–H groups in total. The zero-order valence-corrected chi connectivity index (χ0v) is 11.9. The minimum absolute atomic E-state index is 0.109. The first kappa shape index (κ1) is 14.7. The number of carbonyl (C=O) groups excluding carboxylic acids is 1. The summed E-state index contributed by atoms with van der Waals surface area (Å²) >= 11 is 0. The van der Waals surface area contributed by atoms with Gasteiger partial charge in [-0.15, -0.1) is 0 Å². The lowest BCUT2D eigenvalue weighted by molar-refractivity contribution is -0.383. The van der Waals surface area contributed by atoms with Gasteiger partial charge in [0.15, 0.2) is 5.78 Å². The lowest BCUT2D eigenvalue weighted by atomic mass is 10.1. The second-order valence-corrected chi connectivity index (χ2v) is 4.72. The molecule has 2 rings (SSSR count). The molecule has 0 bridgehead atoms. The summed E-state index contributed by atoms with van der Waals surface area (Å²) in [6.45, 7) is 3.45. The molecule has 2 aromatic rings. The molecular formula is C16H16N2O3.